The fourth-order valence-electron chi connectivity index (χ4n) is 2.20. The van der Waals surface area contributed by atoms with Gasteiger partial charge in [0, 0.05) is 11.8 Å². The molecule has 0 spiro atoms. The van der Waals surface area contributed by atoms with Crippen molar-refractivity contribution in [2.24, 2.45) is 0 Å². The van der Waals surface area contributed by atoms with E-state index < -0.39 is 5.82 Å². The summed E-state index contributed by atoms with van der Waals surface area (Å²) in [4.78, 5) is 0. The van der Waals surface area contributed by atoms with E-state index in [-0.39, 0.29) is 5.02 Å². The van der Waals surface area contributed by atoms with Gasteiger partial charge in [0.25, 0.3) is 0 Å². The Balaban J connectivity index is 1.98. The van der Waals surface area contributed by atoms with Gasteiger partial charge in [-0.25, -0.2) is 4.39 Å². The summed E-state index contributed by atoms with van der Waals surface area (Å²) in [7, 11) is 0. The number of anilines is 1. The minimum Gasteiger partial charge on any atom is -0.396 e. The van der Waals surface area contributed by atoms with Crippen LogP contribution in [0.5, 0.6) is 0 Å². The van der Waals surface area contributed by atoms with Gasteiger partial charge in [0.1, 0.15) is 11.5 Å². The van der Waals surface area contributed by atoms with E-state index in [4.69, 9.17) is 28.9 Å². The molecule has 112 valence electrons. The number of hydrogen-bond donors (Lipinski definition) is 1. The van der Waals surface area contributed by atoms with Crippen LogP contribution in [0.25, 0.3) is 11.3 Å². The first-order valence-corrected chi connectivity index (χ1v) is 7.32. The average Bonchev–Trinajstić information content (AvgIpc) is 2.84. The summed E-state index contributed by atoms with van der Waals surface area (Å²) in [5, 5.41) is 4.68. The summed E-state index contributed by atoms with van der Waals surface area (Å²) < 4.78 is 15.4. The van der Waals surface area contributed by atoms with Crippen molar-refractivity contribution in [3.63, 3.8) is 0 Å². The Bertz CT molecular complexity index is 816. The van der Waals surface area contributed by atoms with Crippen molar-refractivity contribution in [3.8, 4) is 11.3 Å². The Labute approximate surface area is 137 Å². The molecule has 0 saturated heterocycles. The van der Waals surface area contributed by atoms with Crippen molar-refractivity contribution < 1.29 is 4.39 Å². The maximum Gasteiger partial charge on any atom is 0.142 e. The van der Waals surface area contributed by atoms with Gasteiger partial charge in [-0.05, 0) is 17.7 Å². The first-order valence-electron chi connectivity index (χ1n) is 6.56. The fraction of sp³-hybridized carbons (Fsp3) is 0.0625. The SMILES string of the molecule is Nc1cn(Cc2ccccc2)nc1-c1cc(F)c(Cl)cc1Cl. The van der Waals surface area contributed by atoms with Crippen molar-refractivity contribution in [2.45, 2.75) is 6.54 Å². The quantitative estimate of drug-likeness (QED) is 0.709. The highest BCUT2D eigenvalue weighted by Gasteiger charge is 2.15. The van der Waals surface area contributed by atoms with Gasteiger partial charge < -0.3 is 5.73 Å². The number of hydrogen-bond acceptors (Lipinski definition) is 2. The summed E-state index contributed by atoms with van der Waals surface area (Å²) in [6, 6.07) is 12.4. The van der Waals surface area contributed by atoms with Crippen LogP contribution in [0.3, 0.4) is 0 Å². The van der Waals surface area contributed by atoms with Gasteiger partial charge in [-0.2, -0.15) is 5.10 Å². The second-order valence-corrected chi connectivity index (χ2v) is 5.68. The number of nitrogens with two attached hydrogens (primary N) is 1. The second-order valence-electron chi connectivity index (χ2n) is 4.86. The molecule has 1 heterocycles. The molecule has 1 aromatic heterocycles. The van der Waals surface area contributed by atoms with Gasteiger partial charge in [0.05, 0.1) is 22.3 Å². The Hall–Kier alpha value is -2.04. The molecule has 6 heteroatoms. The maximum atomic E-state index is 13.7. The van der Waals surface area contributed by atoms with Gasteiger partial charge in [0.15, 0.2) is 0 Å². The second kappa shape index (κ2) is 5.99. The third-order valence-corrected chi connectivity index (χ3v) is 3.84. The third-order valence-electron chi connectivity index (χ3n) is 3.24. The van der Waals surface area contributed by atoms with Gasteiger partial charge >= 0.3 is 0 Å². The molecule has 3 nitrogen and oxygen atoms in total. The van der Waals surface area contributed by atoms with E-state index in [0.717, 1.165) is 5.56 Å². The molecular weight excluding hydrogens is 324 g/mol. The zero-order valence-corrected chi connectivity index (χ0v) is 12.9. The molecule has 22 heavy (non-hydrogen) atoms. The van der Waals surface area contributed by atoms with Gasteiger partial charge in [-0.1, -0.05) is 53.5 Å². The van der Waals surface area contributed by atoms with Crippen LogP contribution in [0, 0.1) is 5.82 Å². The molecule has 0 aliphatic carbocycles. The van der Waals surface area contributed by atoms with E-state index in [1.54, 1.807) is 10.9 Å². The molecule has 0 fully saturated rings. The Kier molecular flexibility index (Phi) is 4.05. The minimum atomic E-state index is -0.557. The van der Waals surface area contributed by atoms with Crippen LogP contribution >= 0.6 is 23.2 Å². The molecule has 0 saturated carbocycles. The number of benzene rings is 2. The molecule has 3 aromatic rings. The van der Waals surface area contributed by atoms with Crippen LogP contribution in [-0.4, -0.2) is 9.78 Å². The summed E-state index contributed by atoms with van der Waals surface area (Å²) in [5.41, 5.74) is 8.37. The smallest absolute Gasteiger partial charge is 0.142 e. The van der Waals surface area contributed by atoms with Crippen molar-refractivity contribution >= 4 is 28.9 Å². The van der Waals surface area contributed by atoms with E-state index in [2.05, 4.69) is 5.10 Å². The average molecular weight is 336 g/mol. The van der Waals surface area contributed by atoms with E-state index in [1.165, 1.54) is 12.1 Å². The molecule has 3 rings (SSSR count). The number of aromatic nitrogens is 2. The predicted molar refractivity (Wildman–Crippen MR) is 87.6 cm³/mol. The van der Waals surface area contributed by atoms with Crippen molar-refractivity contribution in [1.82, 2.24) is 9.78 Å². The van der Waals surface area contributed by atoms with Crippen LogP contribution in [0.4, 0.5) is 10.1 Å². The zero-order valence-electron chi connectivity index (χ0n) is 11.4. The summed E-state index contributed by atoms with van der Waals surface area (Å²) in [6.45, 7) is 0.568. The first kappa shape index (κ1) is 14.9. The lowest BCUT2D eigenvalue weighted by Crippen LogP contribution is -2.00. The molecule has 0 aliphatic rings. The fourth-order valence-corrected chi connectivity index (χ4v) is 2.67. The Morgan fingerprint density at radius 2 is 1.82 bits per heavy atom. The van der Waals surface area contributed by atoms with Crippen LogP contribution in [0.2, 0.25) is 10.0 Å². The zero-order chi connectivity index (χ0) is 15.7. The molecule has 2 N–H and O–H groups in total. The standard InChI is InChI=1S/C16H12Cl2FN3/c17-12-7-13(18)14(19)6-11(12)16-15(20)9-22(21-16)8-10-4-2-1-3-5-10/h1-7,9H,8,20H2. The van der Waals surface area contributed by atoms with Gasteiger partial charge in [-0.3, -0.25) is 4.68 Å². The molecule has 0 unspecified atom stereocenters. The minimum absolute atomic E-state index is 0.0314. The molecular formula is C16H12Cl2FN3. The lowest BCUT2D eigenvalue weighted by molar-refractivity contribution is 0.628. The number of rotatable bonds is 3. The highest BCUT2D eigenvalue weighted by Crippen LogP contribution is 2.34. The summed E-state index contributed by atoms with van der Waals surface area (Å²) in [6.07, 6.45) is 1.70. The summed E-state index contributed by atoms with van der Waals surface area (Å²) in [5.74, 6) is -0.557. The maximum absolute atomic E-state index is 13.7. The molecule has 0 amide bonds. The Morgan fingerprint density at radius 3 is 2.55 bits per heavy atom. The largest absolute Gasteiger partial charge is 0.396 e. The molecule has 0 aliphatic heterocycles. The normalized spacial score (nSPS) is 10.9. The monoisotopic (exact) mass is 335 g/mol. The topological polar surface area (TPSA) is 43.8 Å². The van der Waals surface area contributed by atoms with E-state index in [9.17, 15) is 4.39 Å². The van der Waals surface area contributed by atoms with E-state index in [0.29, 0.717) is 28.5 Å². The molecule has 0 atom stereocenters. The van der Waals surface area contributed by atoms with Crippen molar-refractivity contribution in [1.29, 1.82) is 0 Å². The van der Waals surface area contributed by atoms with Crippen molar-refractivity contribution in [3.05, 3.63) is 70.1 Å². The van der Waals surface area contributed by atoms with E-state index >= 15 is 0 Å². The van der Waals surface area contributed by atoms with Crippen LogP contribution in [-0.2, 0) is 6.54 Å². The highest BCUT2D eigenvalue weighted by molar-refractivity contribution is 6.36. The third kappa shape index (κ3) is 2.93. The lowest BCUT2D eigenvalue weighted by Gasteiger charge is -2.04. The van der Waals surface area contributed by atoms with Crippen LogP contribution in [0.15, 0.2) is 48.7 Å². The highest BCUT2D eigenvalue weighted by atomic mass is 35.5. The predicted octanol–water partition coefficient (Wildman–Crippen LogP) is 4.63. The van der Waals surface area contributed by atoms with Crippen LogP contribution in [0.1, 0.15) is 5.56 Å². The summed E-state index contributed by atoms with van der Waals surface area (Å²) >= 11 is 11.8. The lowest BCUT2D eigenvalue weighted by atomic mass is 10.1. The number of halogens is 3. The number of nitrogen functional groups attached to an aromatic ring is 1. The molecule has 2 aromatic carbocycles. The van der Waals surface area contributed by atoms with E-state index in [1.807, 2.05) is 30.3 Å². The van der Waals surface area contributed by atoms with Gasteiger partial charge in [-0.15, -0.1) is 0 Å². The Morgan fingerprint density at radius 1 is 1.09 bits per heavy atom. The number of nitrogens with zero attached hydrogens (tertiary/aromatic N) is 2. The molecule has 0 bridgehead atoms. The van der Waals surface area contributed by atoms with Crippen LogP contribution < -0.4 is 5.73 Å². The first-order chi connectivity index (χ1) is 10.5. The van der Waals surface area contributed by atoms with Gasteiger partial charge in [0.2, 0.25) is 0 Å². The molecule has 0 radical (unpaired) electrons. The van der Waals surface area contributed by atoms with Crippen molar-refractivity contribution in [2.75, 3.05) is 5.73 Å².